The molecule has 536 valence electrons. The second kappa shape index (κ2) is 28.2. The molecule has 0 spiro atoms. The first-order valence-corrected chi connectivity index (χ1v) is 39.2. The Labute approximate surface area is 663 Å². The molecule has 2 aromatic heterocycles. The van der Waals surface area contributed by atoms with Crippen LogP contribution in [0.15, 0.2) is 458 Å². The summed E-state index contributed by atoms with van der Waals surface area (Å²) < 4.78 is 14.0. The SMILES string of the molecule is c1ccc(-c2ccc(N(c3ccccc3)c3cccc(-c4ccc5oc6cccc(C7(c8ccccc8)c8ccccc8-c8ccccc87)c6c5c4)c3)cc2)cc1.c1ccc(-c2ccc(N(c3ccccc3)c3cccc(-c4cccc5c4oc4c(C6(c7ccccc7)c7ccccc7-c7ccccc76)cccc45)c3)cc2)cc1. The van der Waals surface area contributed by atoms with E-state index in [2.05, 4.69) is 459 Å². The third kappa shape index (κ3) is 11.1. The molecular weight excluding hydrogens is 1380 g/mol. The van der Waals surface area contributed by atoms with E-state index in [-0.39, 0.29) is 0 Å². The third-order valence-electron chi connectivity index (χ3n) is 23.5. The molecule has 0 amide bonds. The van der Waals surface area contributed by atoms with E-state index >= 15 is 0 Å². The van der Waals surface area contributed by atoms with Crippen molar-refractivity contribution in [3.05, 3.63) is 493 Å². The van der Waals surface area contributed by atoms with E-state index in [9.17, 15) is 0 Å². The molecule has 18 aromatic carbocycles. The van der Waals surface area contributed by atoms with Crippen LogP contribution in [0.4, 0.5) is 34.1 Å². The quantitative estimate of drug-likeness (QED) is 0.109. The molecule has 20 aromatic rings. The normalized spacial score (nSPS) is 12.7. The fraction of sp³-hybridized carbons (Fsp3) is 0.0182. The van der Waals surface area contributed by atoms with Crippen molar-refractivity contribution in [2.45, 2.75) is 10.8 Å². The molecule has 2 aliphatic rings. The molecule has 2 aliphatic carbocycles. The molecule has 0 saturated carbocycles. The van der Waals surface area contributed by atoms with Crippen molar-refractivity contribution >= 4 is 78.0 Å². The molecule has 0 unspecified atom stereocenters. The number of furan rings is 2. The van der Waals surface area contributed by atoms with Crippen LogP contribution in [0, 0.1) is 0 Å². The van der Waals surface area contributed by atoms with Crippen molar-refractivity contribution in [1.82, 2.24) is 0 Å². The summed E-state index contributed by atoms with van der Waals surface area (Å²) in [5.41, 5.74) is 33.3. The summed E-state index contributed by atoms with van der Waals surface area (Å²) in [6.07, 6.45) is 0. The Bertz CT molecular complexity index is 6860. The van der Waals surface area contributed by atoms with Gasteiger partial charge in [-0.25, -0.2) is 0 Å². The zero-order valence-corrected chi connectivity index (χ0v) is 62.4. The van der Waals surface area contributed by atoms with Crippen LogP contribution in [0.2, 0.25) is 0 Å². The Kier molecular flexibility index (Phi) is 16.7. The van der Waals surface area contributed by atoms with E-state index in [4.69, 9.17) is 8.83 Å². The number of nitrogens with zero attached hydrogens (tertiary/aromatic N) is 2. The van der Waals surface area contributed by atoms with Crippen molar-refractivity contribution in [1.29, 1.82) is 0 Å². The maximum absolute atomic E-state index is 7.27. The molecular formula is C110H74N2O2. The Hall–Kier alpha value is -14.8. The first kappa shape index (κ1) is 67.3. The van der Waals surface area contributed by atoms with E-state index in [1.54, 1.807) is 0 Å². The molecule has 0 fully saturated rings. The lowest BCUT2D eigenvalue weighted by Gasteiger charge is -2.34. The summed E-state index contributed by atoms with van der Waals surface area (Å²) in [5, 5.41) is 4.47. The first-order valence-electron chi connectivity index (χ1n) is 39.2. The van der Waals surface area contributed by atoms with Crippen LogP contribution >= 0.6 is 0 Å². The molecule has 0 N–H and O–H groups in total. The minimum atomic E-state index is -0.561. The molecule has 114 heavy (non-hydrogen) atoms. The van der Waals surface area contributed by atoms with E-state index < -0.39 is 10.8 Å². The van der Waals surface area contributed by atoms with Gasteiger partial charge in [-0.2, -0.15) is 0 Å². The van der Waals surface area contributed by atoms with E-state index in [1.165, 1.54) is 83.5 Å². The van der Waals surface area contributed by atoms with E-state index in [0.29, 0.717) is 0 Å². The van der Waals surface area contributed by atoms with Crippen LogP contribution in [-0.4, -0.2) is 0 Å². The summed E-state index contributed by atoms with van der Waals surface area (Å²) in [6.45, 7) is 0. The lowest BCUT2D eigenvalue weighted by Crippen LogP contribution is -2.28. The number of fused-ring (bicyclic) bond motifs is 12. The van der Waals surface area contributed by atoms with E-state index in [0.717, 1.165) is 106 Å². The smallest absolute Gasteiger partial charge is 0.143 e. The average molecular weight is 1460 g/mol. The summed E-state index contributed by atoms with van der Waals surface area (Å²) in [6, 6.07) is 162. The van der Waals surface area contributed by atoms with Crippen molar-refractivity contribution < 1.29 is 8.83 Å². The van der Waals surface area contributed by atoms with Gasteiger partial charge in [0, 0.05) is 66.8 Å². The predicted octanol–water partition coefficient (Wildman–Crippen LogP) is 29.5. The second-order valence-corrected chi connectivity index (χ2v) is 29.6. The van der Waals surface area contributed by atoms with Crippen LogP contribution < -0.4 is 9.80 Å². The summed E-state index contributed by atoms with van der Waals surface area (Å²) in [7, 11) is 0. The molecule has 2 heterocycles. The predicted molar refractivity (Wildman–Crippen MR) is 473 cm³/mol. The number of hydrogen-bond donors (Lipinski definition) is 0. The van der Waals surface area contributed by atoms with Gasteiger partial charge in [-0.3, -0.25) is 0 Å². The molecule has 0 radical (unpaired) electrons. The lowest BCUT2D eigenvalue weighted by molar-refractivity contribution is 0.649. The molecule has 0 aliphatic heterocycles. The Morgan fingerprint density at radius 2 is 0.500 bits per heavy atom. The van der Waals surface area contributed by atoms with Gasteiger partial charge in [0.2, 0.25) is 0 Å². The minimum absolute atomic E-state index is 0.535. The Morgan fingerprint density at radius 3 is 1.00 bits per heavy atom. The summed E-state index contributed by atoms with van der Waals surface area (Å²) in [4.78, 5) is 4.66. The molecule has 0 saturated heterocycles. The number of benzene rings is 18. The topological polar surface area (TPSA) is 32.8 Å². The van der Waals surface area contributed by atoms with Crippen molar-refractivity contribution in [2.24, 2.45) is 0 Å². The molecule has 4 heteroatoms. The molecule has 0 bridgehead atoms. The van der Waals surface area contributed by atoms with E-state index in [1.807, 2.05) is 0 Å². The van der Waals surface area contributed by atoms with Crippen molar-refractivity contribution in [2.75, 3.05) is 9.80 Å². The summed E-state index contributed by atoms with van der Waals surface area (Å²) >= 11 is 0. The Morgan fingerprint density at radius 1 is 0.175 bits per heavy atom. The zero-order chi connectivity index (χ0) is 75.5. The zero-order valence-electron chi connectivity index (χ0n) is 62.4. The maximum atomic E-state index is 7.27. The van der Waals surface area contributed by atoms with Crippen LogP contribution in [-0.2, 0) is 10.8 Å². The van der Waals surface area contributed by atoms with Gasteiger partial charge < -0.3 is 18.6 Å². The van der Waals surface area contributed by atoms with Gasteiger partial charge >= 0.3 is 0 Å². The van der Waals surface area contributed by atoms with Crippen LogP contribution in [0.1, 0.15) is 44.5 Å². The molecule has 4 nitrogen and oxygen atoms in total. The highest BCUT2D eigenvalue weighted by molar-refractivity contribution is 6.13. The van der Waals surface area contributed by atoms with Gasteiger partial charge in [-0.15, -0.1) is 0 Å². The van der Waals surface area contributed by atoms with Crippen LogP contribution in [0.5, 0.6) is 0 Å². The monoisotopic (exact) mass is 1450 g/mol. The van der Waals surface area contributed by atoms with Crippen LogP contribution in [0.25, 0.3) is 111 Å². The highest BCUT2D eigenvalue weighted by atomic mass is 16.3. The number of rotatable bonds is 14. The van der Waals surface area contributed by atoms with Gasteiger partial charge in [0.1, 0.15) is 22.3 Å². The number of para-hydroxylation sites is 4. The van der Waals surface area contributed by atoms with Crippen LogP contribution in [0.3, 0.4) is 0 Å². The number of anilines is 6. The number of hydrogen-bond acceptors (Lipinski definition) is 4. The minimum Gasteiger partial charge on any atom is -0.456 e. The van der Waals surface area contributed by atoms with Gasteiger partial charge in [0.15, 0.2) is 0 Å². The van der Waals surface area contributed by atoms with Gasteiger partial charge in [-0.05, 0) is 191 Å². The third-order valence-corrected chi connectivity index (χ3v) is 23.5. The fourth-order valence-corrected chi connectivity index (χ4v) is 18.6. The molecule has 0 atom stereocenters. The second-order valence-electron chi connectivity index (χ2n) is 29.6. The molecule has 22 rings (SSSR count). The van der Waals surface area contributed by atoms with Crippen molar-refractivity contribution in [3.8, 4) is 66.8 Å². The fourth-order valence-electron chi connectivity index (χ4n) is 18.6. The highest BCUT2D eigenvalue weighted by Crippen LogP contribution is 2.60. The van der Waals surface area contributed by atoms with Gasteiger partial charge in [-0.1, -0.05) is 358 Å². The van der Waals surface area contributed by atoms with Gasteiger partial charge in [0.25, 0.3) is 0 Å². The summed E-state index contributed by atoms with van der Waals surface area (Å²) in [5.74, 6) is 0. The largest absolute Gasteiger partial charge is 0.456 e. The first-order chi connectivity index (χ1) is 56.6. The lowest BCUT2D eigenvalue weighted by atomic mass is 9.66. The van der Waals surface area contributed by atoms with Gasteiger partial charge in [0.05, 0.1) is 10.8 Å². The average Bonchev–Trinajstić information content (AvgIpc) is 1.53. The standard InChI is InChI=1S/2C55H37NO/c1-4-17-38(18-5-1)39-33-35-43(36-34-39)56(42-22-8-3-9-23-42)44-24-14-19-40(37-44)45-27-15-28-48-49-29-16-32-52(54(49)57-53(45)48)55(41-20-6-2-7-21-41)50-30-12-10-25-46(50)47-26-11-13-31-51(47)55;1-4-16-38(17-5-1)39-30-33-44(34-31-39)56(43-21-8-3-9-22-43)45-23-14-18-40(36-45)41-32-35-52-48(37-41)54-51(28-15-29-53(54)57-52)55(42-19-6-2-7-20-42)49-26-12-10-24-46(49)47-25-11-13-27-50(47)55/h2*1-37H. The van der Waals surface area contributed by atoms with Crippen molar-refractivity contribution in [3.63, 3.8) is 0 Å². The highest BCUT2D eigenvalue weighted by Gasteiger charge is 2.49. The Balaban J connectivity index is 0.000000143. The maximum Gasteiger partial charge on any atom is 0.143 e.